The van der Waals surface area contributed by atoms with Crippen LogP contribution < -0.4 is 11.1 Å². The number of carbonyl (C=O) groups is 3. The van der Waals surface area contributed by atoms with Crippen LogP contribution in [0.3, 0.4) is 0 Å². The van der Waals surface area contributed by atoms with Crippen LogP contribution >= 0.6 is 0 Å². The minimum Gasteiger partial charge on any atom is -0.475 e. The van der Waals surface area contributed by atoms with Gasteiger partial charge in [-0.1, -0.05) is 12.1 Å². The topological polar surface area (TPSA) is 166 Å². The van der Waals surface area contributed by atoms with Gasteiger partial charge in [0.15, 0.2) is 9.84 Å². The number of benzene rings is 1. The van der Waals surface area contributed by atoms with Crippen molar-refractivity contribution >= 4 is 33.4 Å². The predicted octanol–water partition coefficient (Wildman–Crippen LogP) is 2.04. The minimum absolute atomic E-state index is 0.148. The molecule has 1 unspecified atom stereocenters. The maximum absolute atomic E-state index is 12.7. The quantitative estimate of drug-likeness (QED) is 0.464. The zero-order valence-corrected chi connectivity index (χ0v) is 19.7. The van der Waals surface area contributed by atoms with Crippen LogP contribution in [0.1, 0.15) is 24.5 Å². The van der Waals surface area contributed by atoms with E-state index < -0.39 is 33.4 Å². The molecule has 0 fully saturated rings. The number of hydrogen-bond acceptors (Lipinski definition) is 8. The summed E-state index contributed by atoms with van der Waals surface area (Å²) >= 11 is 0. The Labute approximate surface area is 199 Å². The molecule has 192 valence electrons. The lowest BCUT2D eigenvalue weighted by molar-refractivity contribution is -0.192. The number of methoxy groups -OCH3 is 1. The van der Waals surface area contributed by atoms with Crippen LogP contribution in [0.25, 0.3) is 0 Å². The number of sulfone groups is 1. The molecule has 2 rings (SSSR count). The molecular weight excluding hydrogens is 495 g/mol. The van der Waals surface area contributed by atoms with Gasteiger partial charge in [0.05, 0.1) is 23.9 Å². The number of nitrogens with zero attached hydrogens (tertiary/aromatic N) is 1. The van der Waals surface area contributed by atoms with Crippen molar-refractivity contribution in [2.45, 2.75) is 36.4 Å². The summed E-state index contributed by atoms with van der Waals surface area (Å²) in [4.78, 5) is 37.0. The standard InChI is InChI=1S/C19H23N3O5S.C2HF3O2/c1-19(20,14-5-7-16(8-6-14)28(3,25)26)18(24)22-15-10-13(11-21-12-15)4-9-17(23)27-2;3-2(4,5)1(6)7/h5-8,10-12H,4,9,20H2,1-3H3,(H,22,24);(H,6,7). The molecule has 0 bridgehead atoms. The summed E-state index contributed by atoms with van der Waals surface area (Å²) in [7, 11) is -2.01. The molecule has 0 saturated carbocycles. The van der Waals surface area contributed by atoms with Gasteiger partial charge in [-0.05, 0) is 42.7 Å². The number of aryl methyl sites for hydroxylation is 1. The first-order chi connectivity index (χ1) is 16.0. The van der Waals surface area contributed by atoms with Gasteiger partial charge in [-0.2, -0.15) is 13.2 Å². The second-order valence-corrected chi connectivity index (χ2v) is 9.43. The number of nitrogens with two attached hydrogens (primary N) is 1. The molecule has 2 aromatic rings. The van der Waals surface area contributed by atoms with Crippen LogP contribution in [-0.2, 0) is 40.9 Å². The fraction of sp³-hybridized carbons (Fsp3) is 0.333. The van der Waals surface area contributed by atoms with E-state index in [4.69, 9.17) is 15.6 Å². The molecule has 0 aliphatic carbocycles. The Morgan fingerprint density at radius 1 is 1.14 bits per heavy atom. The number of hydrogen-bond donors (Lipinski definition) is 3. The van der Waals surface area contributed by atoms with Crippen molar-refractivity contribution in [1.82, 2.24) is 4.98 Å². The Morgan fingerprint density at radius 3 is 2.14 bits per heavy atom. The number of aromatic nitrogens is 1. The van der Waals surface area contributed by atoms with Gasteiger partial charge in [0.2, 0.25) is 5.91 Å². The summed E-state index contributed by atoms with van der Waals surface area (Å²) in [5.74, 6) is -3.57. The number of rotatable bonds is 7. The maximum atomic E-state index is 12.7. The van der Waals surface area contributed by atoms with Crippen molar-refractivity contribution in [3.05, 3.63) is 53.9 Å². The Balaban J connectivity index is 0.000000762. The molecule has 1 heterocycles. The molecule has 1 aromatic heterocycles. The van der Waals surface area contributed by atoms with Gasteiger partial charge < -0.3 is 20.9 Å². The second-order valence-electron chi connectivity index (χ2n) is 7.41. The largest absolute Gasteiger partial charge is 0.490 e. The first kappa shape index (κ1) is 29.5. The molecule has 1 atom stereocenters. The van der Waals surface area contributed by atoms with E-state index in [1.807, 2.05) is 0 Å². The summed E-state index contributed by atoms with van der Waals surface area (Å²) < 4.78 is 59.5. The number of carbonyl (C=O) groups excluding carboxylic acids is 2. The minimum atomic E-state index is -5.08. The fourth-order valence-electron chi connectivity index (χ4n) is 2.48. The maximum Gasteiger partial charge on any atom is 0.490 e. The summed E-state index contributed by atoms with van der Waals surface area (Å²) in [5, 5.41) is 9.83. The molecule has 0 radical (unpaired) electrons. The third kappa shape index (κ3) is 9.33. The molecule has 0 aliphatic rings. The SMILES string of the molecule is COC(=O)CCc1cncc(NC(=O)C(C)(N)c2ccc(S(C)(=O)=O)cc2)c1.O=C(O)C(F)(F)F. The Kier molecular flexibility index (Phi) is 9.91. The van der Waals surface area contributed by atoms with Crippen LogP contribution in [0.2, 0.25) is 0 Å². The normalized spacial score (nSPS) is 13.0. The average molecular weight is 519 g/mol. The molecule has 0 aliphatic heterocycles. The molecule has 0 saturated heterocycles. The number of pyridine rings is 1. The number of halogens is 3. The number of carboxylic acid groups (broad SMARTS) is 1. The van der Waals surface area contributed by atoms with Crippen molar-refractivity contribution in [3.8, 4) is 0 Å². The van der Waals surface area contributed by atoms with Crippen molar-refractivity contribution in [2.75, 3.05) is 18.7 Å². The van der Waals surface area contributed by atoms with Crippen LogP contribution in [0.15, 0.2) is 47.6 Å². The smallest absolute Gasteiger partial charge is 0.475 e. The highest BCUT2D eigenvalue weighted by atomic mass is 32.2. The van der Waals surface area contributed by atoms with Crippen LogP contribution in [0, 0.1) is 0 Å². The van der Waals surface area contributed by atoms with E-state index in [2.05, 4.69) is 15.0 Å². The molecule has 14 heteroatoms. The van der Waals surface area contributed by atoms with Crippen molar-refractivity contribution < 1.29 is 45.8 Å². The highest BCUT2D eigenvalue weighted by Gasteiger charge is 2.38. The number of nitrogens with one attached hydrogen (secondary N) is 1. The molecular formula is C21H24F3N3O7S. The third-order valence-electron chi connectivity index (χ3n) is 4.49. The molecule has 1 aromatic carbocycles. The zero-order chi connectivity index (χ0) is 27.0. The van der Waals surface area contributed by atoms with E-state index in [0.29, 0.717) is 17.7 Å². The average Bonchev–Trinajstić information content (AvgIpc) is 2.77. The number of alkyl halides is 3. The highest BCUT2D eigenvalue weighted by molar-refractivity contribution is 7.90. The molecule has 4 N–H and O–H groups in total. The van der Waals surface area contributed by atoms with E-state index in [1.165, 1.54) is 44.5 Å². The summed E-state index contributed by atoms with van der Waals surface area (Å²) in [6.45, 7) is 1.53. The van der Waals surface area contributed by atoms with E-state index in [-0.39, 0.29) is 17.3 Å². The van der Waals surface area contributed by atoms with Gasteiger partial charge >= 0.3 is 18.1 Å². The number of ether oxygens (including phenoxy) is 1. The van der Waals surface area contributed by atoms with E-state index >= 15 is 0 Å². The number of amides is 1. The molecule has 0 spiro atoms. The van der Waals surface area contributed by atoms with Crippen LogP contribution in [0.5, 0.6) is 0 Å². The summed E-state index contributed by atoms with van der Waals surface area (Å²) in [6, 6.07) is 7.56. The molecule has 35 heavy (non-hydrogen) atoms. The van der Waals surface area contributed by atoms with Gasteiger partial charge in [0.25, 0.3) is 0 Å². The van der Waals surface area contributed by atoms with Crippen LogP contribution in [0.4, 0.5) is 18.9 Å². The second kappa shape index (κ2) is 11.8. The predicted molar refractivity (Wildman–Crippen MR) is 118 cm³/mol. The molecule has 10 nitrogen and oxygen atoms in total. The summed E-state index contributed by atoms with van der Waals surface area (Å²) in [6.07, 6.45) is -0.268. The van der Waals surface area contributed by atoms with Crippen molar-refractivity contribution in [2.24, 2.45) is 5.73 Å². The Hall–Kier alpha value is -3.52. The molecule has 1 amide bonds. The first-order valence-electron chi connectivity index (χ1n) is 9.70. The zero-order valence-electron chi connectivity index (χ0n) is 18.9. The number of aliphatic carboxylic acids is 1. The third-order valence-corrected chi connectivity index (χ3v) is 5.62. The summed E-state index contributed by atoms with van der Waals surface area (Å²) in [5.41, 5.74) is 6.48. The number of anilines is 1. The van der Waals surface area contributed by atoms with Gasteiger partial charge in [0, 0.05) is 18.9 Å². The number of carboxylic acids is 1. The fourth-order valence-corrected chi connectivity index (χ4v) is 3.11. The van der Waals surface area contributed by atoms with E-state index in [9.17, 15) is 31.2 Å². The Morgan fingerprint density at radius 2 is 1.69 bits per heavy atom. The lowest BCUT2D eigenvalue weighted by Gasteiger charge is -2.24. The van der Waals surface area contributed by atoms with E-state index in [1.54, 1.807) is 12.3 Å². The van der Waals surface area contributed by atoms with Gasteiger partial charge in [-0.15, -0.1) is 0 Å². The van der Waals surface area contributed by atoms with Gasteiger partial charge in [-0.25, -0.2) is 13.2 Å². The van der Waals surface area contributed by atoms with Crippen molar-refractivity contribution in [1.29, 1.82) is 0 Å². The first-order valence-corrected chi connectivity index (χ1v) is 11.6. The number of esters is 1. The van der Waals surface area contributed by atoms with E-state index in [0.717, 1.165) is 11.8 Å². The lowest BCUT2D eigenvalue weighted by atomic mass is 9.92. The highest BCUT2D eigenvalue weighted by Crippen LogP contribution is 2.22. The van der Waals surface area contributed by atoms with Gasteiger partial charge in [0.1, 0.15) is 5.54 Å². The van der Waals surface area contributed by atoms with Crippen LogP contribution in [-0.4, -0.2) is 55.9 Å². The van der Waals surface area contributed by atoms with Crippen molar-refractivity contribution in [3.63, 3.8) is 0 Å². The monoisotopic (exact) mass is 519 g/mol. The van der Waals surface area contributed by atoms with Gasteiger partial charge in [-0.3, -0.25) is 14.6 Å². The Bertz CT molecular complexity index is 1170. The lowest BCUT2D eigenvalue weighted by Crippen LogP contribution is -2.45.